The summed E-state index contributed by atoms with van der Waals surface area (Å²) >= 11 is 3.18. The van der Waals surface area contributed by atoms with E-state index in [1.165, 1.54) is 6.07 Å². The minimum absolute atomic E-state index is 0.0488. The standard InChI is InChI=1S/C14H13BrN2O2/c1-9-7-16-5-4-11(9)8-17-14(19)10-2-3-12(15)13(18)6-10/h2-7,18H,8H2,1H3,(H,17,19). The number of nitrogens with one attached hydrogen (secondary N) is 1. The van der Waals surface area contributed by atoms with Crippen LogP contribution in [0.5, 0.6) is 5.75 Å². The number of amides is 1. The van der Waals surface area contributed by atoms with E-state index >= 15 is 0 Å². The first kappa shape index (κ1) is 13.5. The molecule has 0 bridgehead atoms. The molecule has 1 aromatic heterocycles. The van der Waals surface area contributed by atoms with Gasteiger partial charge in [-0.25, -0.2) is 0 Å². The fraction of sp³-hybridized carbons (Fsp3) is 0.143. The average molecular weight is 321 g/mol. The number of phenolic OH excluding ortho intramolecular Hbond substituents is 1. The Labute approximate surface area is 119 Å². The molecular weight excluding hydrogens is 308 g/mol. The molecule has 2 N–H and O–H groups in total. The van der Waals surface area contributed by atoms with Gasteiger partial charge in [-0.2, -0.15) is 0 Å². The summed E-state index contributed by atoms with van der Waals surface area (Å²) in [5, 5.41) is 12.4. The second-order valence-electron chi connectivity index (χ2n) is 4.15. The quantitative estimate of drug-likeness (QED) is 0.914. The number of aryl methyl sites for hydroxylation is 1. The summed E-state index contributed by atoms with van der Waals surface area (Å²) in [6.45, 7) is 2.38. The van der Waals surface area contributed by atoms with Gasteiger partial charge in [-0.15, -0.1) is 0 Å². The third-order valence-corrected chi connectivity index (χ3v) is 3.45. The van der Waals surface area contributed by atoms with Crippen LogP contribution in [0, 0.1) is 6.92 Å². The first-order valence-electron chi connectivity index (χ1n) is 5.74. The number of aromatic hydroxyl groups is 1. The van der Waals surface area contributed by atoms with Gasteiger partial charge in [-0.05, 0) is 58.2 Å². The number of carbonyl (C=O) groups excluding carboxylic acids is 1. The van der Waals surface area contributed by atoms with Gasteiger partial charge in [0.05, 0.1) is 4.47 Å². The molecule has 0 atom stereocenters. The van der Waals surface area contributed by atoms with Crippen LogP contribution < -0.4 is 5.32 Å². The lowest BCUT2D eigenvalue weighted by Crippen LogP contribution is -2.23. The van der Waals surface area contributed by atoms with Gasteiger partial charge in [-0.1, -0.05) is 0 Å². The molecule has 0 radical (unpaired) electrons. The molecule has 4 nitrogen and oxygen atoms in total. The predicted molar refractivity (Wildman–Crippen MR) is 76.0 cm³/mol. The number of rotatable bonds is 3. The SMILES string of the molecule is Cc1cnccc1CNC(=O)c1ccc(Br)c(O)c1. The molecule has 1 aromatic carbocycles. The molecule has 19 heavy (non-hydrogen) atoms. The third-order valence-electron chi connectivity index (χ3n) is 2.78. The van der Waals surface area contributed by atoms with Crippen molar-refractivity contribution in [2.24, 2.45) is 0 Å². The zero-order chi connectivity index (χ0) is 13.8. The van der Waals surface area contributed by atoms with Crippen LogP contribution in [0.4, 0.5) is 0 Å². The minimum atomic E-state index is -0.223. The van der Waals surface area contributed by atoms with Crippen LogP contribution in [0.3, 0.4) is 0 Å². The summed E-state index contributed by atoms with van der Waals surface area (Å²) in [5.41, 5.74) is 2.47. The highest BCUT2D eigenvalue weighted by Gasteiger charge is 2.08. The van der Waals surface area contributed by atoms with Gasteiger partial charge in [-0.3, -0.25) is 9.78 Å². The number of nitrogens with zero attached hydrogens (tertiary/aromatic N) is 1. The number of aromatic nitrogens is 1. The first-order valence-corrected chi connectivity index (χ1v) is 6.53. The number of hydrogen-bond acceptors (Lipinski definition) is 3. The third kappa shape index (κ3) is 3.32. The van der Waals surface area contributed by atoms with Crippen molar-refractivity contribution in [1.82, 2.24) is 10.3 Å². The highest BCUT2D eigenvalue weighted by atomic mass is 79.9. The minimum Gasteiger partial charge on any atom is -0.507 e. The zero-order valence-electron chi connectivity index (χ0n) is 10.4. The van der Waals surface area contributed by atoms with Crippen molar-refractivity contribution in [1.29, 1.82) is 0 Å². The number of benzene rings is 1. The Morgan fingerprint density at radius 2 is 2.21 bits per heavy atom. The lowest BCUT2D eigenvalue weighted by atomic mass is 10.1. The van der Waals surface area contributed by atoms with Crippen LogP contribution in [-0.4, -0.2) is 16.0 Å². The molecule has 0 aliphatic heterocycles. The van der Waals surface area contributed by atoms with E-state index in [2.05, 4.69) is 26.2 Å². The van der Waals surface area contributed by atoms with E-state index in [1.54, 1.807) is 24.5 Å². The molecule has 0 spiro atoms. The van der Waals surface area contributed by atoms with Gasteiger partial charge in [0.2, 0.25) is 0 Å². The van der Waals surface area contributed by atoms with Crippen LogP contribution in [0.1, 0.15) is 21.5 Å². The molecular formula is C14H13BrN2O2. The highest BCUT2D eigenvalue weighted by molar-refractivity contribution is 9.10. The molecule has 0 aliphatic rings. The van der Waals surface area contributed by atoms with Crippen LogP contribution in [0.25, 0.3) is 0 Å². The van der Waals surface area contributed by atoms with E-state index in [0.29, 0.717) is 16.6 Å². The Hall–Kier alpha value is -1.88. The number of halogens is 1. The van der Waals surface area contributed by atoms with Gasteiger partial charge >= 0.3 is 0 Å². The molecule has 0 unspecified atom stereocenters. The Balaban J connectivity index is 2.05. The van der Waals surface area contributed by atoms with E-state index in [0.717, 1.165) is 11.1 Å². The van der Waals surface area contributed by atoms with Crippen molar-refractivity contribution in [3.05, 3.63) is 57.8 Å². The molecule has 1 heterocycles. The molecule has 2 rings (SSSR count). The molecule has 5 heteroatoms. The van der Waals surface area contributed by atoms with E-state index in [-0.39, 0.29) is 11.7 Å². The van der Waals surface area contributed by atoms with Gasteiger partial charge in [0, 0.05) is 24.5 Å². The summed E-state index contributed by atoms with van der Waals surface area (Å²) in [7, 11) is 0. The van der Waals surface area contributed by atoms with Crippen LogP contribution in [-0.2, 0) is 6.54 Å². The summed E-state index contributed by atoms with van der Waals surface area (Å²) < 4.78 is 0.564. The molecule has 1 amide bonds. The fourth-order valence-electron chi connectivity index (χ4n) is 1.63. The lowest BCUT2D eigenvalue weighted by Gasteiger charge is -2.08. The molecule has 0 saturated carbocycles. The van der Waals surface area contributed by atoms with E-state index in [9.17, 15) is 9.90 Å². The van der Waals surface area contributed by atoms with Crippen molar-refractivity contribution in [3.63, 3.8) is 0 Å². The molecule has 0 saturated heterocycles. The van der Waals surface area contributed by atoms with Crippen molar-refractivity contribution >= 4 is 21.8 Å². The molecule has 98 valence electrons. The van der Waals surface area contributed by atoms with Gasteiger partial charge in [0.1, 0.15) is 5.75 Å². The van der Waals surface area contributed by atoms with Crippen LogP contribution in [0.15, 0.2) is 41.1 Å². The van der Waals surface area contributed by atoms with Crippen molar-refractivity contribution in [2.45, 2.75) is 13.5 Å². The summed E-state index contributed by atoms with van der Waals surface area (Å²) in [6, 6.07) is 6.59. The maximum Gasteiger partial charge on any atom is 0.251 e. The topological polar surface area (TPSA) is 62.2 Å². The zero-order valence-corrected chi connectivity index (χ0v) is 11.9. The van der Waals surface area contributed by atoms with Crippen molar-refractivity contribution < 1.29 is 9.90 Å². The van der Waals surface area contributed by atoms with E-state index < -0.39 is 0 Å². The van der Waals surface area contributed by atoms with Gasteiger partial charge in [0.25, 0.3) is 5.91 Å². The Kier molecular flexibility index (Phi) is 4.16. The van der Waals surface area contributed by atoms with Crippen molar-refractivity contribution in [2.75, 3.05) is 0 Å². The van der Waals surface area contributed by atoms with Crippen LogP contribution in [0.2, 0.25) is 0 Å². The second-order valence-corrected chi connectivity index (χ2v) is 5.01. The number of carbonyl (C=O) groups is 1. The first-order chi connectivity index (χ1) is 9.08. The highest BCUT2D eigenvalue weighted by Crippen LogP contribution is 2.24. The Morgan fingerprint density at radius 1 is 1.42 bits per heavy atom. The smallest absolute Gasteiger partial charge is 0.251 e. The summed E-state index contributed by atoms with van der Waals surface area (Å²) in [4.78, 5) is 15.9. The second kappa shape index (κ2) is 5.84. The molecule has 0 fully saturated rings. The van der Waals surface area contributed by atoms with Gasteiger partial charge in [0.15, 0.2) is 0 Å². The maximum absolute atomic E-state index is 11.9. The van der Waals surface area contributed by atoms with E-state index in [4.69, 9.17) is 0 Å². The number of phenols is 1. The summed E-state index contributed by atoms with van der Waals surface area (Å²) in [6.07, 6.45) is 3.45. The number of hydrogen-bond donors (Lipinski definition) is 2. The predicted octanol–water partition coefficient (Wildman–Crippen LogP) is 2.79. The fourth-order valence-corrected chi connectivity index (χ4v) is 1.88. The monoisotopic (exact) mass is 320 g/mol. The largest absolute Gasteiger partial charge is 0.507 e. The van der Waals surface area contributed by atoms with Gasteiger partial charge < -0.3 is 10.4 Å². The number of pyridine rings is 1. The molecule has 2 aromatic rings. The van der Waals surface area contributed by atoms with Crippen LogP contribution >= 0.6 is 15.9 Å². The maximum atomic E-state index is 11.9. The average Bonchev–Trinajstić information content (AvgIpc) is 2.40. The lowest BCUT2D eigenvalue weighted by molar-refractivity contribution is 0.0950. The normalized spacial score (nSPS) is 10.2. The Bertz CT molecular complexity index is 614. The summed E-state index contributed by atoms with van der Waals surface area (Å²) in [5.74, 6) is -0.174. The van der Waals surface area contributed by atoms with Crippen molar-refractivity contribution in [3.8, 4) is 5.75 Å². The Morgan fingerprint density at radius 3 is 2.89 bits per heavy atom. The van der Waals surface area contributed by atoms with E-state index in [1.807, 2.05) is 13.0 Å². The molecule has 0 aliphatic carbocycles.